The van der Waals surface area contributed by atoms with E-state index in [1.165, 1.54) is 0 Å². The molecule has 3 nitrogen and oxygen atoms in total. The number of methoxy groups -OCH3 is 1. The summed E-state index contributed by atoms with van der Waals surface area (Å²) in [6.07, 6.45) is 1.73. The lowest BCUT2D eigenvalue weighted by Crippen LogP contribution is -2.07. The maximum Gasteiger partial charge on any atom is 0.176 e. The predicted molar refractivity (Wildman–Crippen MR) is 84.9 cm³/mol. The molecule has 106 valence electrons. The first-order chi connectivity index (χ1) is 9.42. The molecule has 0 aliphatic heterocycles. The monoisotopic (exact) mass is 289 g/mol. The molecular formula is C16H19NO2S. The third kappa shape index (κ3) is 3.25. The number of hydrogen-bond donors (Lipinski definition) is 0. The van der Waals surface area contributed by atoms with E-state index in [2.05, 4.69) is 4.40 Å². The van der Waals surface area contributed by atoms with E-state index in [4.69, 9.17) is 4.74 Å². The summed E-state index contributed by atoms with van der Waals surface area (Å²) in [6.45, 7) is 6.07. The quantitative estimate of drug-likeness (QED) is 0.801. The third-order valence-corrected chi connectivity index (χ3v) is 3.84. The zero-order valence-electron chi connectivity index (χ0n) is 12.2. The van der Waals surface area contributed by atoms with Crippen molar-refractivity contribution in [2.75, 3.05) is 7.11 Å². The molecule has 2 rings (SSSR count). The van der Waals surface area contributed by atoms with Crippen LogP contribution in [0.15, 0.2) is 45.7 Å². The first kappa shape index (κ1) is 14.7. The van der Waals surface area contributed by atoms with Gasteiger partial charge in [-0.05, 0) is 16.9 Å². The molecule has 0 saturated carbocycles. The smallest absolute Gasteiger partial charge is 0.176 e. The van der Waals surface area contributed by atoms with Gasteiger partial charge >= 0.3 is 0 Å². The van der Waals surface area contributed by atoms with Crippen LogP contribution in [0.3, 0.4) is 0 Å². The predicted octanol–water partition coefficient (Wildman–Crippen LogP) is 3.99. The van der Waals surface area contributed by atoms with Crippen molar-refractivity contribution in [2.24, 2.45) is 9.81 Å². The molecule has 1 atom stereocenters. The number of hydrogen-bond acceptors (Lipinski definition) is 2. The van der Waals surface area contributed by atoms with Gasteiger partial charge in [-0.25, -0.2) is 4.21 Å². The van der Waals surface area contributed by atoms with Crippen molar-refractivity contribution in [3.05, 3.63) is 36.4 Å². The standard InChI is InChI=1S/C16H19NO2S/c1-16(2,3)11-17-20(18)15-13-8-6-5-7-12(13)9-10-14(15)19-4/h5-11H,1-4H3/b17-11+. The van der Waals surface area contributed by atoms with Crippen molar-refractivity contribution in [3.63, 3.8) is 0 Å². The number of benzene rings is 2. The van der Waals surface area contributed by atoms with Crippen LogP contribution in [0.2, 0.25) is 0 Å². The summed E-state index contributed by atoms with van der Waals surface area (Å²) in [5, 5.41) is 1.94. The summed E-state index contributed by atoms with van der Waals surface area (Å²) in [5.74, 6) is 0.605. The molecule has 0 heterocycles. The second-order valence-electron chi connectivity index (χ2n) is 5.67. The average Bonchev–Trinajstić information content (AvgIpc) is 2.42. The first-order valence-corrected chi connectivity index (χ1v) is 7.56. The highest BCUT2D eigenvalue weighted by atomic mass is 32.2. The Bertz CT molecular complexity index is 672. The van der Waals surface area contributed by atoms with E-state index in [-0.39, 0.29) is 5.41 Å². The largest absolute Gasteiger partial charge is 0.495 e. The van der Waals surface area contributed by atoms with Gasteiger partial charge in [-0.15, -0.1) is 0 Å². The fourth-order valence-electron chi connectivity index (χ4n) is 1.82. The molecule has 0 fully saturated rings. The summed E-state index contributed by atoms with van der Waals surface area (Å²) in [7, 11) is 0.110. The zero-order chi connectivity index (χ0) is 14.8. The Morgan fingerprint density at radius 3 is 2.50 bits per heavy atom. The van der Waals surface area contributed by atoms with Crippen molar-refractivity contribution in [3.8, 4) is 5.75 Å². The molecule has 20 heavy (non-hydrogen) atoms. The Balaban J connectivity index is 2.57. The van der Waals surface area contributed by atoms with Gasteiger partial charge in [-0.2, -0.15) is 4.40 Å². The molecule has 0 bridgehead atoms. The van der Waals surface area contributed by atoms with Gasteiger partial charge in [0.1, 0.15) is 10.6 Å². The molecule has 2 aromatic rings. The number of nitrogens with zero attached hydrogens (tertiary/aromatic N) is 1. The van der Waals surface area contributed by atoms with Crippen LogP contribution in [0.25, 0.3) is 10.8 Å². The van der Waals surface area contributed by atoms with E-state index in [9.17, 15) is 4.21 Å². The highest BCUT2D eigenvalue weighted by Crippen LogP contribution is 2.31. The van der Waals surface area contributed by atoms with Crippen molar-refractivity contribution < 1.29 is 8.95 Å². The molecule has 0 aliphatic carbocycles. The van der Waals surface area contributed by atoms with Crippen molar-refractivity contribution in [1.29, 1.82) is 0 Å². The Labute approximate surface area is 122 Å². The second-order valence-corrected chi connectivity index (χ2v) is 6.79. The molecule has 0 aromatic heterocycles. The lowest BCUT2D eigenvalue weighted by Gasteiger charge is -2.12. The van der Waals surface area contributed by atoms with E-state index in [0.717, 1.165) is 10.8 Å². The highest BCUT2D eigenvalue weighted by molar-refractivity contribution is 7.84. The third-order valence-electron chi connectivity index (χ3n) is 2.77. The van der Waals surface area contributed by atoms with E-state index < -0.39 is 11.0 Å². The molecule has 0 radical (unpaired) electrons. The Hall–Kier alpha value is -1.68. The number of ether oxygens (including phenoxy) is 1. The van der Waals surface area contributed by atoms with Gasteiger partial charge in [0.25, 0.3) is 0 Å². The van der Waals surface area contributed by atoms with Crippen molar-refractivity contribution in [1.82, 2.24) is 0 Å². The van der Waals surface area contributed by atoms with Crippen LogP contribution >= 0.6 is 0 Å². The normalized spacial score (nSPS) is 13.8. The minimum atomic E-state index is -1.47. The maximum atomic E-state index is 12.5. The molecule has 0 saturated heterocycles. The molecule has 0 aliphatic rings. The molecule has 4 heteroatoms. The van der Waals surface area contributed by atoms with Gasteiger partial charge in [-0.3, -0.25) is 0 Å². The fourth-order valence-corrected chi connectivity index (χ4v) is 3.04. The van der Waals surface area contributed by atoms with Gasteiger partial charge in [0.15, 0.2) is 11.0 Å². The van der Waals surface area contributed by atoms with Crippen molar-refractivity contribution in [2.45, 2.75) is 25.7 Å². The number of rotatable bonds is 3. The van der Waals surface area contributed by atoms with Gasteiger partial charge in [0.2, 0.25) is 0 Å². The van der Waals surface area contributed by atoms with Crippen LogP contribution in [-0.2, 0) is 11.0 Å². The van der Waals surface area contributed by atoms with Gasteiger partial charge in [0, 0.05) is 11.6 Å². The summed E-state index contributed by atoms with van der Waals surface area (Å²) in [6, 6.07) is 11.6. The summed E-state index contributed by atoms with van der Waals surface area (Å²) >= 11 is 0. The van der Waals surface area contributed by atoms with Gasteiger partial charge in [-0.1, -0.05) is 51.1 Å². The van der Waals surface area contributed by atoms with E-state index in [1.807, 2.05) is 57.2 Å². The zero-order valence-corrected chi connectivity index (χ0v) is 13.0. The van der Waals surface area contributed by atoms with E-state index >= 15 is 0 Å². The Morgan fingerprint density at radius 2 is 1.85 bits per heavy atom. The first-order valence-electron chi connectivity index (χ1n) is 6.45. The SMILES string of the molecule is COc1ccc2ccccc2c1S(=O)/N=C/C(C)(C)C. The summed E-state index contributed by atoms with van der Waals surface area (Å²) in [4.78, 5) is 0.631. The summed E-state index contributed by atoms with van der Waals surface area (Å²) < 4.78 is 22.0. The topological polar surface area (TPSA) is 38.7 Å². The van der Waals surface area contributed by atoms with Crippen LogP contribution in [0, 0.1) is 5.41 Å². The average molecular weight is 289 g/mol. The lowest BCUT2D eigenvalue weighted by atomic mass is 10.00. The number of fused-ring (bicyclic) bond motifs is 1. The lowest BCUT2D eigenvalue weighted by molar-refractivity contribution is 0.405. The van der Waals surface area contributed by atoms with Crippen LogP contribution in [0.4, 0.5) is 0 Å². The summed E-state index contributed by atoms with van der Waals surface area (Å²) in [5.41, 5.74) is -0.104. The maximum absolute atomic E-state index is 12.5. The van der Waals surface area contributed by atoms with Crippen LogP contribution in [-0.4, -0.2) is 17.5 Å². The van der Waals surface area contributed by atoms with Crippen LogP contribution < -0.4 is 4.74 Å². The molecule has 2 aromatic carbocycles. The highest BCUT2D eigenvalue weighted by Gasteiger charge is 2.15. The fraction of sp³-hybridized carbons (Fsp3) is 0.312. The van der Waals surface area contributed by atoms with Crippen LogP contribution in [0.5, 0.6) is 5.75 Å². The molecule has 1 unspecified atom stereocenters. The van der Waals surface area contributed by atoms with E-state index in [0.29, 0.717) is 10.6 Å². The second kappa shape index (κ2) is 5.75. The molecule has 0 amide bonds. The van der Waals surface area contributed by atoms with Gasteiger partial charge in [0.05, 0.1) is 7.11 Å². The Morgan fingerprint density at radius 1 is 1.15 bits per heavy atom. The molecular weight excluding hydrogens is 270 g/mol. The minimum absolute atomic E-state index is 0.104. The van der Waals surface area contributed by atoms with Crippen LogP contribution in [0.1, 0.15) is 20.8 Å². The van der Waals surface area contributed by atoms with Crippen molar-refractivity contribution >= 4 is 28.0 Å². The van der Waals surface area contributed by atoms with Gasteiger partial charge < -0.3 is 4.74 Å². The molecule has 0 spiro atoms. The van der Waals surface area contributed by atoms with E-state index in [1.54, 1.807) is 13.3 Å². The Kier molecular flexibility index (Phi) is 4.23. The molecule has 0 N–H and O–H groups in total. The minimum Gasteiger partial charge on any atom is -0.495 e.